The van der Waals surface area contributed by atoms with E-state index >= 15 is 0 Å². The number of halogens is 1. The maximum absolute atomic E-state index is 6.63. The Morgan fingerprint density at radius 3 is 2.62 bits per heavy atom. The molecular formula is C27H35ClN4O2. The van der Waals surface area contributed by atoms with Gasteiger partial charge in [0.25, 0.3) is 0 Å². The molecule has 1 fully saturated rings. The Morgan fingerprint density at radius 1 is 1.18 bits per heavy atom. The molecule has 0 radical (unpaired) electrons. The van der Waals surface area contributed by atoms with Crippen LogP contribution in [-0.2, 0) is 11.3 Å². The van der Waals surface area contributed by atoms with E-state index in [1.165, 1.54) is 24.0 Å². The second kappa shape index (κ2) is 10.8. The second-order valence-corrected chi connectivity index (χ2v) is 9.57. The molecule has 1 saturated carbocycles. The summed E-state index contributed by atoms with van der Waals surface area (Å²) in [6, 6.07) is 12.6. The molecule has 0 saturated heterocycles. The highest BCUT2D eigenvalue weighted by Crippen LogP contribution is 2.42. The number of hydrogen-bond donors (Lipinski definition) is 0. The third-order valence-corrected chi connectivity index (χ3v) is 6.82. The smallest absolute Gasteiger partial charge is 0.245 e. The van der Waals surface area contributed by atoms with Crippen LogP contribution in [-0.4, -0.2) is 35.5 Å². The van der Waals surface area contributed by atoms with E-state index < -0.39 is 0 Å². The highest BCUT2D eigenvalue weighted by atomic mass is 35.5. The Balaban J connectivity index is 1.77. The van der Waals surface area contributed by atoms with Crippen LogP contribution in [0.5, 0.6) is 5.75 Å². The van der Waals surface area contributed by atoms with Crippen molar-refractivity contribution in [2.24, 2.45) is 5.92 Å². The molecule has 0 aliphatic heterocycles. The van der Waals surface area contributed by atoms with Crippen LogP contribution in [0, 0.1) is 19.8 Å². The van der Waals surface area contributed by atoms with Crippen LogP contribution in [0.15, 0.2) is 36.4 Å². The molecule has 1 aliphatic rings. The van der Waals surface area contributed by atoms with Gasteiger partial charge >= 0.3 is 0 Å². The standard InChI is InChI=1S/C27H35ClN4O2/c1-6-13-31(24(15-20-11-12-20)22-10-8-7-9-21(22)17-33-4)27-29-19(3)32(30-27)25-14-18(2)26(34-5)16-23(25)28/h7-10,14,16,20,24H,6,11-13,15,17H2,1-5H3/t24-/m0/s1. The van der Waals surface area contributed by atoms with Gasteiger partial charge in [-0.05, 0) is 55.4 Å². The van der Waals surface area contributed by atoms with Crippen LogP contribution in [0.3, 0.4) is 0 Å². The van der Waals surface area contributed by atoms with Gasteiger partial charge in [0.05, 0.1) is 30.5 Å². The molecule has 1 atom stereocenters. The quantitative estimate of drug-likeness (QED) is 0.314. The number of aryl methyl sites for hydroxylation is 2. The molecule has 7 heteroatoms. The lowest BCUT2D eigenvalue weighted by Gasteiger charge is -2.32. The first-order valence-electron chi connectivity index (χ1n) is 12.1. The van der Waals surface area contributed by atoms with Gasteiger partial charge in [-0.3, -0.25) is 0 Å². The van der Waals surface area contributed by atoms with E-state index in [-0.39, 0.29) is 6.04 Å². The van der Waals surface area contributed by atoms with E-state index in [2.05, 4.69) is 36.1 Å². The maximum Gasteiger partial charge on any atom is 0.245 e. The Hall–Kier alpha value is -2.57. The number of benzene rings is 2. The third kappa shape index (κ3) is 5.23. The molecule has 0 spiro atoms. The topological polar surface area (TPSA) is 52.4 Å². The number of methoxy groups -OCH3 is 2. The van der Waals surface area contributed by atoms with Crippen LogP contribution >= 0.6 is 11.6 Å². The molecule has 0 unspecified atom stereocenters. The molecule has 34 heavy (non-hydrogen) atoms. The highest BCUT2D eigenvalue weighted by molar-refractivity contribution is 6.32. The number of ether oxygens (including phenoxy) is 2. The number of nitrogens with zero attached hydrogens (tertiary/aromatic N) is 4. The maximum atomic E-state index is 6.63. The zero-order valence-electron chi connectivity index (χ0n) is 20.8. The van der Waals surface area contributed by atoms with Crippen molar-refractivity contribution in [2.45, 2.75) is 59.1 Å². The van der Waals surface area contributed by atoms with Crippen molar-refractivity contribution in [1.82, 2.24) is 14.8 Å². The molecule has 182 valence electrons. The van der Waals surface area contributed by atoms with Gasteiger partial charge in [-0.25, -0.2) is 4.68 Å². The van der Waals surface area contributed by atoms with Gasteiger partial charge < -0.3 is 14.4 Å². The molecule has 0 amide bonds. The summed E-state index contributed by atoms with van der Waals surface area (Å²) >= 11 is 6.63. The summed E-state index contributed by atoms with van der Waals surface area (Å²) in [5.74, 6) is 3.06. The van der Waals surface area contributed by atoms with Crippen LogP contribution in [0.1, 0.15) is 61.2 Å². The SMILES string of the molecule is CCCN(c1nc(C)n(-c2cc(C)c(OC)cc2Cl)n1)[C@@H](CC1CC1)c1ccccc1COC. The average Bonchev–Trinajstić information content (AvgIpc) is 3.57. The minimum absolute atomic E-state index is 0.196. The fourth-order valence-corrected chi connectivity index (χ4v) is 4.86. The van der Waals surface area contributed by atoms with Crippen LogP contribution in [0.25, 0.3) is 5.69 Å². The molecule has 6 nitrogen and oxygen atoms in total. The van der Waals surface area contributed by atoms with E-state index in [0.717, 1.165) is 54.1 Å². The van der Waals surface area contributed by atoms with Crippen LogP contribution < -0.4 is 9.64 Å². The lowest BCUT2D eigenvalue weighted by atomic mass is 9.95. The van der Waals surface area contributed by atoms with Crippen LogP contribution in [0.4, 0.5) is 5.95 Å². The van der Waals surface area contributed by atoms with Crippen molar-refractivity contribution in [3.8, 4) is 11.4 Å². The minimum atomic E-state index is 0.196. The largest absolute Gasteiger partial charge is 0.496 e. The van der Waals surface area contributed by atoms with Crippen molar-refractivity contribution in [3.05, 3.63) is 63.9 Å². The Labute approximate surface area is 207 Å². The van der Waals surface area contributed by atoms with Crippen LogP contribution in [0.2, 0.25) is 5.02 Å². The first-order valence-corrected chi connectivity index (χ1v) is 12.5. The Bertz CT molecular complexity index is 1130. The van der Waals surface area contributed by atoms with Gasteiger partial charge in [-0.1, -0.05) is 55.6 Å². The van der Waals surface area contributed by atoms with Gasteiger partial charge in [0.15, 0.2) is 0 Å². The predicted molar refractivity (Wildman–Crippen MR) is 137 cm³/mol. The summed E-state index contributed by atoms with van der Waals surface area (Å²) in [4.78, 5) is 7.30. The lowest BCUT2D eigenvalue weighted by Crippen LogP contribution is -2.32. The summed E-state index contributed by atoms with van der Waals surface area (Å²) in [7, 11) is 3.41. The van der Waals surface area contributed by atoms with Crippen molar-refractivity contribution < 1.29 is 9.47 Å². The Morgan fingerprint density at radius 2 is 1.94 bits per heavy atom. The normalized spacial score (nSPS) is 14.3. The molecule has 4 rings (SSSR count). The third-order valence-electron chi connectivity index (χ3n) is 6.52. The highest BCUT2D eigenvalue weighted by Gasteiger charge is 2.32. The summed E-state index contributed by atoms with van der Waals surface area (Å²) in [5, 5.41) is 5.57. The zero-order chi connectivity index (χ0) is 24.2. The van der Waals surface area contributed by atoms with Crippen molar-refractivity contribution in [3.63, 3.8) is 0 Å². The second-order valence-electron chi connectivity index (χ2n) is 9.16. The molecule has 3 aromatic rings. The van der Waals surface area contributed by atoms with Gasteiger partial charge in [-0.15, -0.1) is 5.10 Å². The molecule has 0 N–H and O–H groups in total. The number of rotatable bonds is 11. The van der Waals surface area contributed by atoms with E-state index in [0.29, 0.717) is 11.6 Å². The number of anilines is 1. The summed E-state index contributed by atoms with van der Waals surface area (Å²) in [5.41, 5.74) is 4.34. The fraction of sp³-hybridized carbons (Fsp3) is 0.481. The Kier molecular flexibility index (Phi) is 7.79. The van der Waals surface area contributed by atoms with E-state index in [4.69, 9.17) is 31.2 Å². The minimum Gasteiger partial charge on any atom is -0.496 e. The molecule has 2 aromatic carbocycles. The van der Waals surface area contributed by atoms with Crippen molar-refractivity contribution in [2.75, 3.05) is 25.7 Å². The summed E-state index contributed by atoms with van der Waals surface area (Å²) in [6.07, 6.45) is 4.69. The monoisotopic (exact) mass is 482 g/mol. The van der Waals surface area contributed by atoms with Gasteiger partial charge in [-0.2, -0.15) is 4.98 Å². The molecule has 0 bridgehead atoms. The summed E-state index contributed by atoms with van der Waals surface area (Å²) < 4.78 is 12.8. The molecule has 1 aliphatic carbocycles. The van der Waals surface area contributed by atoms with Gasteiger partial charge in [0, 0.05) is 19.7 Å². The number of aromatic nitrogens is 3. The molecule has 1 aromatic heterocycles. The zero-order valence-corrected chi connectivity index (χ0v) is 21.6. The molecule has 1 heterocycles. The van der Waals surface area contributed by atoms with E-state index in [1.54, 1.807) is 14.2 Å². The average molecular weight is 483 g/mol. The van der Waals surface area contributed by atoms with Gasteiger partial charge in [0.1, 0.15) is 11.6 Å². The fourth-order valence-electron chi connectivity index (χ4n) is 4.63. The first-order chi connectivity index (χ1) is 16.5. The van der Waals surface area contributed by atoms with Gasteiger partial charge in [0.2, 0.25) is 5.95 Å². The number of hydrogen-bond acceptors (Lipinski definition) is 5. The summed E-state index contributed by atoms with van der Waals surface area (Å²) in [6.45, 7) is 7.66. The first kappa shape index (κ1) is 24.6. The molecular weight excluding hydrogens is 448 g/mol. The van der Waals surface area contributed by atoms with E-state index in [9.17, 15) is 0 Å². The van der Waals surface area contributed by atoms with Crippen molar-refractivity contribution in [1.29, 1.82) is 0 Å². The van der Waals surface area contributed by atoms with Crippen molar-refractivity contribution >= 4 is 17.5 Å². The lowest BCUT2D eigenvalue weighted by molar-refractivity contribution is 0.183. The predicted octanol–water partition coefficient (Wildman–Crippen LogP) is 6.45. The van der Waals surface area contributed by atoms with E-state index in [1.807, 2.05) is 30.7 Å².